The molecule has 0 rings (SSSR count). The van der Waals surface area contributed by atoms with E-state index in [9.17, 15) is 24.2 Å². The number of aliphatic hydroxyl groups excluding tert-OH is 1. The highest BCUT2D eigenvalue weighted by molar-refractivity contribution is 7.47. The normalized spacial score (nSPS) is 16.1. The van der Waals surface area contributed by atoms with E-state index in [-0.39, 0.29) is 18.9 Å². The summed E-state index contributed by atoms with van der Waals surface area (Å²) in [5, 5.41) is 26.8. The zero-order chi connectivity index (χ0) is 22.9. The number of phosphoric ester groups is 1. The molecule has 170 valence electrons. The molecule has 0 spiro atoms. The summed E-state index contributed by atoms with van der Waals surface area (Å²) in [5.74, 6) is -1.05. The van der Waals surface area contributed by atoms with Gasteiger partial charge in [-0.15, -0.1) is 0 Å². The zero-order valence-electron chi connectivity index (χ0n) is 17.9. The molecule has 0 aromatic heterocycles. The third kappa shape index (κ3) is 12.6. The lowest BCUT2D eigenvalue weighted by Gasteiger charge is -2.31. The van der Waals surface area contributed by atoms with Crippen molar-refractivity contribution in [1.82, 2.24) is 10.6 Å². The average molecular weight is 439 g/mol. The van der Waals surface area contributed by atoms with Crippen molar-refractivity contribution < 1.29 is 38.4 Å². The lowest BCUT2D eigenvalue weighted by molar-refractivity contribution is -0.137. The highest BCUT2D eigenvalue weighted by Gasteiger charge is 2.38. The Hall–Kier alpha value is -1.52. The van der Waals surface area contributed by atoms with Gasteiger partial charge < -0.3 is 25.8 Å². The molecule has 0 aromatic carbocycles. The minimum Gasteiger partial charge on any atom is -0.411 e. The van der Waals surface area contributed by atoms with E-state index in [1.54, 1.807) is 27.7 Å². The van der Waals surface area contributed by atoms with Crippen molar-refractivity contribution in [2.24, 2.45) is 10.6 Å². The van der Waals surface area contributed by atoms with Crippen LogP contribution in [0.5, 0.6) is 0 Å². The molecule has 1 unspecified atom stereocenters. The molecule has 0 fully saturated rings. The van der Waals surface area contributed by atoms with Gasteiger partial charge in [0.2, 0.25) is 11.8 Å². The third-order valence-electron chi connectivity index (χ3n) is 3.61. The largest absolute Gasteiger partial charge is 0.472 e. The van der Waals surface area contributed by atoms with E-state index in [0.29, 0.717) is 18.7 Å². The van der Waals surface area contributed by atoms with Crippen molar-refractivity contribution in [3.63, 3.8) is 0 Å². The molecule has 0 saturated heterocycles. The first-order valence-electron chi connectivity index (χ1n) is 9.18. The number of aliphatic hydroxyl groups is 1. The van der Waals surface area contributed by atoms with Gasteiger partial charge in [0, 0.05) is 31.3 Å². The van der Waals surface area contributed by atoms with E-state index in [2.05, 4.69) is 15.8 Å². The Morgan fingerprint density at radius 1 is 1.10 bits per heavy atom. The van der Waals surface area contributed by atoms with Crippen LogP contribution in [0.1, 0.15) is 54.4 Å². The van der Waals surface area contributed by atoms with Gasteiger partial charge in [0.1, 0.15) is 6.10 Å². The number of amides is 2. The molecule has 12 heteroatoms. The van der Waals surface area contributed by atoms with Crippen LogP contribution < -0.4 is 10.6 Å². The summed E-state index contributed by atoms with van der Waals surface area (Å²) in [5.41, 5.74) is -1.62. The van der Waals surface area contributed by atoms with Crippen molar-refractivity contribution >= 4 is 25.3 Å². The Labute approximate surface area is 171 Å². The van der Waals surface area contributed by atoms with Crippen LogP contribution >= 0.6 is 7.82 Å². The van der Waals surface area contributed by atoms with Crippen LogP contribution in [0.3, 0.4) is 0 Å². The number of oxime groups is 1. The van der Waals surface area contributed by atoms with Crippen molar-refractivity contribution in [3.05, 3.63) is 0 Å². The summed E-state index contributed by atoms with van der Waals surface area (Å²) in [6, 6.07) is 0. The predicted molar refractivity (Wildman–Crippen MR) is 107 cm³/mol. The van der Waals surface area contributed by atoms with Crippen molar-refractivity contribution in [2.45, 2.75) is 66.1 Å². The van der Waals surface area contributed by atoms with Crippen molar-refractivity contribution in [2.75, 3.05) is 19.7 Å². The van der Waals surface area contributed by atoms with Gasteiger partial charge in [-0.1, -0.05) is 19.0 Å². The first-order valence-corrected chi connectivity index (χ1v) is 10.7. The summed E-state index contributed by atoms with van der Waals surface area (Å²) in [6.07, 6.45) is -1.14. The molecule has 2 atom stereocenters. The smallest absolute Gasteiger partial charge is 0.411 e. The van der Waals surface area contributed by atoms with E-state index >= 15 is 0 Å². The standard InChI is InChI=1S/C17H34N3O8P/c1-12(20-24)7-9-18-13(21)8-10-19-15(23)14(22)17(5,6)11-27-29(25,26)28-16(2,3)4/h14,22,24H,7-11H2,1-6H3,(H,18,21)(H,19,23)(H,25,26)/b20-12+/t14-/m0/s1. The van der Waals surface area contributed by atoms with E-state index in [0.717, 1.165) is 0 Å². The quantitative estimate of drug-likeness (QED) is 0.131. The SMILES string of the molecule is C/C(CCNC(=O)CCNC(=O)[C@H](O)C(C)(C)COP(=O)(O)OC(C)(C)C)=N\O. The van der Waals surface area contributed by atoms with Crippen LogP contribution in [-0.4, -0.2) is 64.1 Å². The fourth-order valence-corrected chi connectivity index (χ4v) is 3.21. The van der Waals surface area contributed by atoms with Crippen LogP contribution in [0, 0.1) is 5.41 Å². The topological polar surface area (TPSA) is 167 Å². The number of nitrogens with zero attached hydrogens (tertiary/aromatic N) is 1. The van der Waals surface area contributed by atoms with E-state index in [1.165, 1.54) is 13.8 Å². The summed E-state index contributed by atoms with van der Waals surface area (Å²) in [7, 11) is -4.35. The summed E-state index contributed by atoms with van der Waals surface area (Å²) < 4.78 is 21.8. The second-order valence-corrected chi connectivity index (χ2v) is 9.69. The van der Waals surface area contributed by atoms with Gasteiger partial charge in [-0.2, -0.15) is 0 Å². The number of carbonyl (C=O) groups excluding carboxylic acids is 2. The van der Waals surface area contributed by atoms with Crippen LogP contribution in [0.4, 0.5) is 0 Å². The molecule has 5 N–H and O–H groups in total. The Morgan fingerprint density at radius 3 is 2.17 bits per heavy atom. The van der Waals surface area contributed by atoms with E-state index < -0.39 is 37.5 Å². The number of hydrogen-bond donors (Lipinski definition) is 5. The number of hydrogen-bond acceptors (Lipinski definition) is 8. The van der Waals surface area contributed by atoms with Gasteiger partial charge in [0.25, 0.3) is 0 Å². The fourth-order valence-electron chi connectivity index (χ4n) is 1.97. The first-order chi connectivity index (χ1) is 13.1. The Balaban J connectivity index is 4.41. The second kappa shape index (κ2) is 11.6. The average Bonchev–Trinajstić information content (AvgIpc) is 2.57. The van der Waals surface area contributed by atoms with Crippen LogP contribution in [0.25, 0.3) is 0 Å². The fraction of sp³-hybridized carbons (Fsp3) is 0.824. The zero-order valence-corrected chi connectivity index (χ0v) is 18.8. The molecule has 0 radical (unpaired) electrons. The number of phosphoric acid groups is 1. The van der Waals surface area contributed by atoms with Gasteiger partial charge >= 0.3 is 7.82 Å². The van der Waals surface area contributed by atoms with Gasteiger partial charge in [-0.05, 0) is 27.7 Å². The van der Waals surface area contributed by atoms with Crippen molar-refractivity contribution in [1.29, 1.82) is 0 Å². The maximum absolute atomic E-state index is 12.1. The van der Waals surface area contributed by atoms with E-state index in [4.69, 9.17) is 14.3 Å². The maximum atomic E-state index is 12.1. The summed E-state index contributed by atoms with van der Waals surface area (Å²) in [6.45, 7) is 9.25. The Morgan fingerprint density at radius 2 is 1.66 bits per heavy atom. The number of rotatable bonds is 12. The highest BCUT2D eigenvalue weighted by atomic mass is 31.2. The van der Waals surface area contributed by atoms with Crippen molar-refractivity contribution in [3.8, 4) is 0 Å². The monoisotopic (exact) mass is 439 g/mol. The Bertz CT molecular complexity index is 631. The third-order valence-corrected chi connectivity index (χ3v) is 4.84. The van der Waals surface area contributed by atoms with Crippen LogP contribution in [-0.2, 0) is 23.2 Å². The summed E-state index contributed by atoms with van der Waals surface area (Å²) in [4.78, 5) is 33.5. The predicted octanol–water partition coefficient (Wildman–Crippen LogP) is 1.17. The number of carbonyl (C=O) groups is 2. The lowest BCUT2D eigenvalue weighted by Crippen LogP contribution is -2.46. The maximum Gasteiger partial charge on any atom is 0.472 e. The van der Waals surface area contributed by atoms with Gasteiger partial charge in [-0.3, -0.25) is 18.6 Å². The van der Waals surface area contributed by atoms with Gasteiger partial charge in [0.15, 0.2) is 0 Å². The van der Waals surface area contributed by atoms with Gasteiger partial charge in [0.05, 0.1) is 17.9 Å². The minimum absolute atomic E-state index is 0.00262. The molecule has 0 aliphatic heterocycles. The summed E-state index contributed by atoms with van der Waals surface area (Å²) >= 11 is 0. The van der Waals surface area contributed by atoms with Gasteiger partial charge in [-0.25, -0.2) is 4.57 Å². The molecule has 0 saturated carbocycles. The second-order valence-electron chi connectivity index (χ2n) is 8.31. The highest BCUT2D eigenvalue weighted by Crippen LogP contribution is 2.48. The molecule has 2 amide bonds. The molecule has 11 nitrogen and oxygen atoms in total. The van der Waals surface area contributed by atoms with E-state index in [1.807, 2.05) is 0 Å². The lowest BCUT2D eigenvalue weighted by atomic mass is 9.87. The molecule has 0 aliphatic rings. The molecular weight excluding hydrogens is 405 g/mol. The van der Waals surface area contributed by atoms with Crippen LogP contribution in [0.15, 0.2) is 5.16 Å². The number of nitrogens with one attached hydrogen (secondary N) is 2. The molecule has 0 aromatic rings. The van der Waals surface area contributed by atoms with Crippen LogP contribution in [0.2, 0.25) is 0 Å². The molecule has 0 heterocycles. The first kappa shape index (κ1) is 27.5. The molecular formula is C17H34N3O8P. The minimum atomic E-state index is -4.35. The molecule has 29 heavy (non-hydrogen) atoms. The Kier molecular flexibility index (Phi) is 11.0. The molecule has 0 bridgehead atoms. The molecule has 0 aliphatic carbocycles.